The van der Waals surface area contributed by atoms with Gasteiger partial charge in [0.25, 0.3) is 11.5 Å². The zero-order valence-electron chi connectivity index (χ0n) is 16.7. The largest absolute Gasteiger partial charge is 0.334 e. The van der Waals surface area contributed by atoms with E-state index in [-0.39, 0.29) is 11.5 Å². The number of nitrogens with zero attached hydrogens (tertiary/aromatic N) is 3. The van der Waals surface area contributed by atoms with Gasteiger partial charge in [-0.2, -0.15) is 0 Å². The van der Waals surface area contributed by atoms with Crippen molar-refractivity contribution in [1.82, 2.24) is 4.57 Å². The molecule has 2 aliphatic rings. The van der Waals surface area contributed by atoms with Gasteiger partial charge in [-0.15, -0.1) is 0 Å². The molecule has 6 nitrogen and oxygen atoms in total. The molecular weight excluding hydrogens is 420 g/mol. The van der Waals surface area contributed by atoms with Gasteiger partial charge in [0.1, 0.15) is 17.9 Å². The Balaban J connectivity index is 1.65. The average Bonchev–Trinajstić information content (AvgIpc) is 3.20. The molecule has 1 amide bonds. The Bertz CT molecular complexity index is 1420. The van der Waals surface area contributed by atoms with Crippen LogP contribution in [0.2, 0.25) is 5.02 Å². The molecule has 0 radical (unpaired) electrons. The molecule has 0 fully saturated rings. The molecule has 3 aromatic rings. The van der Waals surface area contributed by atoms with E-state index in [9.17, 15) is 9.59 Å². The van der Waals surface area contributed by atoms with Gasteiger partial charge in [0.05, 0.1) is 11.3 Å². The Morgan fingerprint density at radius 1 is 1.10 bits per heavy atom. The summed E-state index contributed by atoms with van der Waals surface area (Å²) >= 11 is 7.55. The normalized spacial score (nSPS) is 16.8. The second kappa shape index (κ2) is 6.82. The van der Waals surface area contributed by atoms with Crippen LogP contribution in [0, 0.1) is 20.8 Å². The first-order valence-corrected chi connectivity index (χ1v) is 10.8. The van der Waals surface area contributed by atoms with E-state index in [2.05, 4.69) is 10.3 Å². The van der Waals surface area contributed by atoms with Crippen LogP contribution in [0.4, 0.5) is 11.4 Å². The fourth-order valence-corrected chi connectivity index (χ4v) is 5.19. The Morgan fingerprint density at radius 3 is 2.67 bits per heavy atom. The van der Waals surface area contributed by atoms with Crippen LogP contribution >= 0.6 is 22.9 Å². The monoisotopic (exact) mass is 438 g/mol. The minimum Gasteiger partial charge on any atom is -0.334 e. The van der Waals surface area contributed by atoms with Crippen molar-refractivity contribution in [2.45, 2.75) is 27.4 Å². The number of carbonyl (C=O) groups is 1. The highest BCUT2D eigenvalue weighted by Crippen LogP contribution is 2.33. The number of halogens is 1. The van der Waals surface area contributed by atoms with Gasteiger partial charge in [-0.3, -0.25) is 14.2 Å². The summed E-state index contributed by atoms with van der Waals surface area (Å²) in [6, 6.07) is 9.79. The third-order valence-corrected chi connectivity index (χ3v) is 7.04. The fraction of sp³-hybridized carbons (Fsp3) is 0.227. The lowest BCUT2D eigenvalue weighted by atomic mass is 10.0. The number of anilines is 2. The van der Waals surface area contributed by atoms with E-state index in [0.717, 1.165) is 33.6 Å². The lowest BCUT2D eigenvalue weighted by Gasteiger charge is -2.26. The SMILES string of the molecule is Cc1cc(C)c2c(c1)C(=c1sc3n(c1=O)CN(c1ccc(C)c(Cl)c1)CN=3)C(=O)N2. The molecule has 2 aromatic carbocycles. The van der Waals surface area contributed by atoms with E-state index in [4.69, 9.17) is 11.6 Å². The summed E-state index contributed by atoms with van der Waals surface area (Å²) in [5, 5.41) is 3.60. The van der Waals surface area contributed by atoms with Crippen molar-refractivity contribution in [3.05, 3.63) is 77.3 Å². The van der Waals surface area contributed by atoms with Crippen LogP contribution < -0.4 is 25.1 Å². The summed E-state index contributed by atoms with van der Waals surface area (Å²) in [6.45, 7) is 6.68. The zero-order valence-corrected chi connectivity index (χ0v) is 18.3. The molecule has 0 aliphatic carbocycles. The summed E-state index contributed by atoms with van der Waals surface area (Å²) in [5.41, 5.74) is 5.75. The predicted molar refractivity (Wildman–Crippen MR) is 120 cm³/mol. The molecule has 0 saturated heterocycles. The number of fused-ring (bicyclic) bond motifs is 2. The van der Waals surface area contributed by atoms with Crippen molar-refractivity contribution < 1.29 is 4.79 Å². The Hall–Kier alpha value is -2.90. The Labute approximate surface area is 181 Å². The first kappa shape index (κ1) is 19.1. The van der Waals surface area contributed by atoms with Crippen LogP contribution in [0.15, 0.2) is 40.1 Å². The van der Waals surface area contributed by atoms with Crippen LogP contribution in [0.25, 0.3) is 5.57 Å². The van der Waals surface area contributed by atoms with Crippen LogP contribution in [-0.2, 0) is 11.5 Å². The number of aryl methyl sites for hydroxylation is 3. The number of nitrogens with one attached hydrogen (secondary N) is 1. The molecule has 0 saturated carbocycles. The predicted octanol–water partition coefficient (Wildman–Crippen LogP) is 2.69. The van der Waals surface area contributed by atoms with E-state index >= 15 is 0 Å². The summed E-state index contributed by atoms with van der Waals surface area (Å²) in [6.07, 6.45) is 0. The van der Waals surface area contributed by atoms with Crippen LogP contribution in [-0.4, -0.2) is 17.1 Å². The van der Waals surface area contributed by atoms with E-state index in [1.54, 1.807) is 4.57 Å². The maximum absolute atomic E-state index is 13.3. The first-order valence-electron chi connectivity index (χ1n) is 9.56. The number of amides is 1. The standard InChI is InChI=1S/C22H19ClN4O2S/c1-11-6-13(3)18-15(7-11)17(20(28)25-18)19-21(29)27-10-26(9-24-22(27)30-19)14-5-4-12(2)16(23)8-14/h4-8H,9-10H2,1-3H3,(H,25,28). The fourth-order valence-electron chi connectivity index (χ4n) is 3.96. The third-order valence-electron chi connectivity index (χ3n) is 5.51. The van der Waals surface area contributed by atoms with Crippen molar-refractivity contribution in [2.75, 3.05) is 16.9 Å². The van der Waals surface area contributed by atoms with Gasteiger partial charge >= 0.3 is 0 Å². The number of benzene rings is 2. The van der Waals surface area contributed by atoms with Crippen molar-refractivity contribution in [3.8, 4) is 0 Å². The van der Waals surface area contributed by atoms with Crippen molar-refractivity contribution >= 4 is 45.8 Å². The molecule has 0 spiro atoms. The molecule has 0 unspecified atom stereocenters. The Kier molecular flexibility index (Phi) is 4.34. The van der Waals surface area contributed by atoms with Gasteiger partial charge in [-0.05, 0) is 50.1 Å². The van der Waals surface area contributed by atoms with Gasteiger partial charge in [0.2, 0.25) is 0 Å². The van der Waals surface area contributed by atoms with Gasteiger partial charge in [0.15, 0.2) is 4.80 Å². The van der Waals surface area contributed by atoms with Gasteiger partial charge < -0.3 is 10.2 Å². The van der Waals surface area contributed by atoms with Crippen molar-refractivity contribution in [3.63, 3.8) is 0 Å². The highest BCUT2D eigenvalue weighted by Gasteiger charge is 2.29. The van der Waals surface area contributed by atoms with E-state index < -0.39 is 0 Å². The van der Waals surface area contributed by atoms with Gasteiger partial charge in [-0.25, -0.2) is 4.99 Å². The summed E-state index contributed by atoms with van der Waals surface area (Å²) in [4.78, 5) is 33.3. The number of hydrogen-bond acceptors (Lipinski definition) is 5. The minimum absolute atomic E-state index is 0.196. The van der Waals surface area contributed by atoms with Gasteiger partial charge in [-0.1, -0.05) is 40.6 Å². The molecule has 2 aliphatic heterocycles. The highest BCUT2D eigenvalue weighted by molar-refractivity contribution is 7.07. The van der Waals surface area contributed by atoms with E-state index in [1.165, 1.54) is 11.3 Å². The maximum atomic E-state index is 13.3. The second-order valence-electron chi connectivity index (χ2n) is 7.69. The number of carbonyl (C=O) groups excluding carboxylic acids is 1. The number of aromatic nitrogens is 1. The molecular formula is C22H19ClN4O2S. The number of rotatable bonds is 1. The Morgan fingerprint density at radius 2 is 1.90 bits per heavy atom. The third kappa shape index (κ3) is 2.88. The minimum atomic E-state index is -0.239. The van der Waals surface area contributed by atoms with Crippen molar-refractivity contribution in [1.29, 1.82) is 0 Å². The van der Waals surface area contributed by atoms with E-state index in [1.807, 2.05) is 56.0 Å². The molecule has 0 atom stereocenters. The summed E-state index contributed by atoms with van der Waals surface area (Å²) < 4.78 is 2.05. The lowest BCUT2D eigenvalue weighted by molar-refractivity contribution is -0.110. The van der Waals surface area contributed by atoms with Crippen LogP contribution in [0.3, 0.4) is 0 Å². The summed E-state index contributed by atoms with van der Waals surface area (Å²) in [7, 11) is 0. The maximum Gasteiger partial charge on any atom is 0.272 e. The second-order valence-corrected chi connectivity index (χ2v) is 9.08. The topological polar surface area (TPSA) is 66.7 Å². The molecule has 0 bridgehead atoms. The smallest absolute Gasteiger partial charge is 0.272 e. The molecule has 5 rings (SSSR count). The molecule has 8 heteroatoms. The van der Waals surface area contributed by atoms with Crippen molar-refractivity contribution in [2.24, 2.45) is 4.99 Å². The molecule has 1 aromatic heterocycles. The number of hydrogen-bond donors (Lipinski definition) is 1. The zero-order chi connectivity index (χ0) is 21.2. The lowest BCUT2D eigenvalue weighted by Crippen LogP contribution is -2.43. The molecule has 3 heterocycles. The molecule has 152 valence electrons. The van der Waals surface area contributed by atoms with Gasteiger partial charge in [0, 0.05) is 16.3 Å². The quantitative estimate of drug-likeness (QED) is 0.635. The average molecular weight is 439 g/mol. The van der Waals surface area contributed by atoms with Crippen LogP contribution in [0.1, 0.15) is 22.3 Å². The molecule has 30 heavy (non-hydrogen) atoms. The highest BCUT2D eigenvalue weighted by atomic mass is 35.5. The van der Waals surface area contributed by atoms with Crippen LogP contribution in [0.5, 0.6) is 0 Å². The molecule has 1 N–H and O–H groups in total. The summed E-state index contributed by atoms with van der Waals surface area (Å²) in [5.74, 6) is -0.239. The first-order chi connectivity index (χ1) is 14.3. The van der Waals surface area contributed by atoms with E-state index in [0.29, 0.717) is 33.3 Å². The number of thiazole rings is 1.